The Hall–Kier alpha value is -6.62. The molecule has 0 aliphatic carbocycles. The van der Waals surface area contributed by atoms with E-state index in [2.05, 4.69) is 47.2 Å². The van der Waals surface area contributed by atoms with Crippen LogP contribution in [0.2, 0.25) is 0 Å². The van der Waals surface area contributed by atoms with E-state index in [-0.39, 0.29) is 55.1 Å². The average molecular weight is 1050 g/mol. The SMILES string of the molecule is CC[C@H](C)[C@H](NC(=O)[C@H](Cc1ccc(O)cc1)NC(=O)[C@H](CC(C)C)NC(=O)[C@H](Cc1cnc[nH]1)NC(=O)[C@H](CO)NC(=O)[C@@H](NC(=O)[C@@H]1CCCN1C(=O)[C@@H](N)C(C)C)[C@@H](C)CC)C(=O)N[C@@H](CC(C)C)C(=O)O. The van der Waals surface area contributed by atoms with Crippen LogP contribution in [0.5, 0.6) is 5.75 Å². The second-order valence-corrected chi connectivity index (χ2v) is 20.9. The maximum Gasteiger partial charge on any atom is 0.326 e. The highest BCUT2D eigenvalue weighted by molar-refractivity contribution is 5.98. The van der Waals surface area contributed by atoms with Gasteiger partial charge in [-0.15, -0.1) is 0 Å². The number of aromatic hydroxyl groups is 1. The molecule has 0 saturated carbocycles. The van der Waals surface area contributed by atoms with Crippen LogP contribution >= 0.6 is 0 Å². The van der Waals surface area contributed by atoms with Crippen LogP contribution in [0.25, 0.3) is 0 Å². The number of carboxylic acids is 1. The number of carbonyl (C=O) groups excluding carboxylic acids is 8. The third-order valence-electron chi connectivity index (χ3n) is 13.5. The Kier molecular flexibility index (Phi) is 25.1. The molecule has 1 fully saturated rings. The molecule has 1 aromatic heterocycles. The molecule has 1 aliphatic heterocycles. The number of nitrogens with zero attached hydrogens (tertiary/aromatic N) is 2. The summed E-state index contributed by atoms with van der Waals surface area (Å²) >= 11 is 0. The molecule has 0 unspecified atom stereocenters. The molecule has 23 nitrogen and oxygen atoms in total. The number of likely N-dealkylation sites (tertiary alicyclic amines) is 1. The van der Waals surface area contributed by atoms with Crippen molar-refractivity contribution < 1.29 is 58.5 Å². The molecule has 0 bridgehead atoms. The van der Waals surface area contributed by atoms with Gasteiger partial charge in [0.15, 0.2) is 0 Å². The highest BCUT2D eigenvalue weighted by Crippen LogP contribution is 2.22. The average Bonchev–Trinajstić information content (AvgIpc) is 4.08. The van der Waals surface area contributed by atoms with E-state index >= 15 is 0 Å². The summed E-state index contributed by atoms with van der Waals surface area (Å²) in [5.74, 6) is -8.64. The lowest BCUT2D eigenvalue weighted by Crippen LogP contribution is -2.62. The van der Waals surface area contributed by atoms with Gasteiger partial charge < -0.3 is 68.2 Å². The number of nitrogens with two attached hydrogens (primary N) is 1. The normalized spacial score (nSPS) is 17.5. The van der Waals surface area contributed by atoms with Crippen LogP contribution in [0.4, 0.5) is 0 Å². The van der Waals surface area contributed by atoms with Gasteiger partial charge in [0.05, 0.1) is 19.0 Å². The van der Waals surface area contributed by atoms with Crippen molar-refractivity contribution in [1.82, 2.24) is 52.1 Å². The number of phenols is 1. The molecular weight excluding hydrogens is 971 g/mol. The first kappa shape index (κ1) is 62.7. The fourth-order valence-electron chi connectivity index (χ4n) is 8.52. The van der Waals surface area contributed by atoms with Crippen molar-refractivity contribution in [2.24, 2.45) is 35.3 Å². The van der Waals surface area contributed by atoms with Crippen molar-refractivity contribution >= 4 is 53.2 Å². The standard InChI is InChI=1S/C52H83N11O12/c1-11-30(9)42(49(71)59-38(52(74)75)21-28(5)6)61-46(68)36(22-32-15-17-34(65)18-16-32)57-44(66)35(20-27(3)4)56-45(67)37(23-33-24-54-26-55-33)58-47(69)39(25-64)60-50(72)43(31(10)12-2)62-48(70)40-14-13-19-63(40)51(73)41(53)29(7)8/h15-18,24,26-31,35-43,64-65H,11-14,19-23,25,53H2,1-10H3,(H,54,55)(H,56,67)(H,57,66)(H,58,69)(H,59,71)(H,60,72)(H,61,68)(H,62,70)(H,74,75)/t30-,31-,35-,36-,37-,38-,39-,40-,41-,42-,43-/m0/s1. The summed E-state index contributed by atoms with van der Waals surface area (Å²) in [7, 11) is 0. The van der Waals surface area contributed by atoms with Gasteiger partial charge in [0.1, 0.15) is 54.1 Å². The van der Waals surface area contributed by atoms with Crippen LogP contribution < -0.4 is 43.0 Å². The van der Waals surface area contributed by atoms with Gasteiger partial charge >= 0.3 is 5.97 Å². The summed E-state index contributed by atoms with van der Waals surface area (Å²) in [6.45, 7) is 17.2. The minimum atomic E-state index is -1.63. The number of H-pyrrole nitrogens is 1. The molecule has 2 heterocycles. The number of aromatic amines is 1. The zero-order valence-electron chi connectivity index (χ0n) is 45.1. The van der Waals surface area contributed by atoms with Gasteiger partial charge in [-0.1, -0.05) is 94.2 Å². The molecule has 2 aromatic rings. The van der Waals surface area contributed by atoms with Gasteiger partial charge in [-0.3, -0.25) is 38.4 Å². The van der Waals surface area contributed by atoms with Gasteiger partial charge in [0, 0.05) is 31.3 Å². The molecule has 13 N–H and O–H groups in total. The second kappa shape index (κ2) is 30.1. The first-order valence-corrected chi connectivity index (χ1v) is 26.1. The van der Waals surface area contributed by atoms with Crippen molar-refractivity contribution in [1.29, 1.82) is 0 Å². The number of aromatic nitrogens is 2. The van der Waals surface area contributed by atoms with Gasteiger partial charge in [-0.05, 0) is 73.0 Å². The lowest BCUT2D eigenvalue weighted by Gasteiger charge is -2.31. The number of amides is 8. The van der Waals surface area contributed by atoms with Crippen LogP contribution in [0, 0.1) is 29.6 Å². The maximum atomic E-state index is 14.4. The second-order valence-electron chi connectivity index (χ2n) is 20.9. The maximum absolute atomic E-state index is 14.4. The molecule has 8 amide bonds. The number of imidazole rings is 1. The van der Waals surface area contributed by atoms with Gasteiger partial charge in [0.2, 0.25) is 47.3 Å². The molecule has 1 aliphatic rings. The van der Waals surface area contributed by atoms with Crippen molar-refractivity contribution in [3.63, 3.8) is 0 Å². The van der Waals surface area contributed by atoms with E-state index in [0.717, 1.165) is 0 Å². The minimum Gasteiger partial charge on any atom is -0.508 e. The van der Waals surface area contributed by atoms with Gasteiger partial charge in [0.25, 0.3) is 0 Å². The molecule has 1 aromatic carbocycles. The first-order valence-electron chi connectivity index (χ1n) is 26.1. The summed E-state index contributed by atoms with van der Waals surface area (Å²) in [5.41, 5.74) is 7.04. The van der Waals surface area contributed by atoms with Gasteiger partial charge in [-0.2, -0.15) is 0 Å². The Labute approximate surface area is 439 Å². The lowest BCUT2D eigenvalue weighted by molar-refractivity contribution is -0.143. The number of hydrogen-bond acceptors (Lipinski definition) is 13. The van der Waals surface area contributed by atoms with E-state index in [1.54, 1.807) is 67.5 Å². The van der Waals surface area contributed by atoms with Crippen LogP contribution in [0.15, 0.2) is 36.8 Å². The Bertz CT molecular complexity index is 2220. The van der Waals surface area contributed by atoms with E-state index in [1.807, 2.05) is 13.8 Å². The third kappa shape index (κ3) is 19.2. The van der Waals surface area contributed by atoms with Gasteiger partial charge in [-0.25, -0.2) is 9.78 Å². The van der Waals surface area contributed by atoms with E-state index in [9.17, 15) is 58.5 Å². The quantitative estimate of drug-likeness (QED) is 0.0508. The molecule has 1 saturated heterocycles. The van der Waals surface area contributed by atoms with E-state index < -0.39 is 120 Å². The number of nitrogens with one attached hydrogen (secondary N) is 8. The van der Waals surface area contributed by atoms with Crippen LogP contribution in [0.3, 0.4) is 0 Å². The molecule has 11 atom stereocenters. The number of rotatable bonds is 30. The fourth-order valence-corrected chi connectivity index (χ4v) is 8.52. The van der Waals surface area contributed by atoms with Crippen LogP contribution in [-0.2, 0) is 56.0 Å². The number of aliphatic hydroxyl groups is 1. The molecule has 0 spiro atoms. The van der Waals surface area contributed by atoms with E-state index in [1.165, 1.54) is 29.6 Å². The third-order valence-corrected chi connectivity index (χ3v) is 13.5. The molecule has 23 heteroatoms. The highest BCUT2D eigenvalue weighted by Gasteiger charge is 2.40. The van der Waals surface area contributed by atoms with E-state index in [0.29, 0.717) is 43.5 Å². The summed E-state index contributed by atoms with van der Waals surface area (Å²) in [6.07, 6.45) is 4.33. The predicted molar refractivity (Wildman–Crippen MR) is 278 cm³/mol. The number of aliphatic carboxylic acids is 1. The highest BCUT2D eigenvalue weighted by atomic mass is 16.4. The van der Waals surface area contributed by atoms with E-state index in [4.69, 9.17) is 5.73 Å². The fraction of sp³-hybridized carbons (Fsp3) is 0.654. The first-order chi connectivity index (χ1) is 35.3. The Morgan fingerprint density at radius 1 is 0.667 bits per heavy atom. The van der Waals surface area contributed by atoms with Crippen molar-refractivity contribution in [2.45, 2.75) is 175 Å². The number of phenolic OH excluding ortho intramolecular Hbond substituents is 1. The zero-order valence-corrected chi connectivity index (χ0v) is 45.1. The van der Waals surface area contributed by atoms with Crippen molar-refractivity contribution in [3.8, 4) is 5.75 Å². The number of benzene rings is 1. The number of aliphatic hydroxyl groups excluding tert-OH is 1. The number of carboxylic acid groups (broad SMARTS) is 1. The Balaban J connectivity index is 1.90. The molecule has 0 radical (unpaired) electrons. The van der Waals surface area contributed by atoms with Crippen molar-refractivity contribution in [2.75, 3.05) is 13.2 Å². The number of hydrogen-bond donors (Lipinski definition) is 12. The molecule has 3 rings (SSSR count). The minimum absolute atomic E-state index is 0.0372. The summed E-state index contributed by atoms with van der Waals surface area (Å²) in [4.78, 5) is 132. The molecule has 75 heavy (non-hydrogen) atoms. The zero-order chi connectivity index (χ0) is 56.3. The molecule has 418 valence electrons. The summed E-state index contributed by atoms with van der Waals surface area (Å²) in [5, 5.41) is 48.9. The van der Waals surface area contributed by atoms with Crippen LogP contribution in [-0.4, -0.2) is 151 Å². The van der Waals surface area contributed by atoms with Crippen LogP contribution in [0.1, 0.15) is 119 Å². The topological polar surface area (TPSA) is 356 Å². The summed E-state index contributed by atoms with van der Waals surface area (Å²) in [6, 6.07) is -5.24. The number of carbonyl (C=O) groups is 9. The lowest BCUT2D eigenvalue weighted by atomic mass is 9.96. The largest absolute Gasteiger partial charge is 0.508 e. The Morgan fingerprint density at radius 2 is 1.15 bits per heavy atom. The monoisotopic (exact) mass is 1050 g/mol. The smallest absolute Gasteiger partial charge is 0.326 e. The molecular formula is C52H83N11O12. The Morgan fingerprint density at radius 3 is 1.65 bits per heavy atom. The summed E-state index contributed by atoms with van der Waals surface area (Å²) < 4.78 is 0. The van der Waals surface area contributed by atoms with Crippen molar-refractivity contribution in [3.05, 3.63) is 48.0 Å². The predicted octanol–water partition coefficient (Wildman–Crippen LogP) is 0.530.